The number of hydrogen-bond donors (Lipinski definition) is 1. The van der Waals surface area contributed by atoms with Crippen LogP contribution in [0.25, 0.3) is 11.0 Å². The Labute approximate surface area is 167 Å². The number of aryl methyl sites for hydroxylation is 1. The van der Waals surface area contributed by atoms with Crippen LogP contribution >= 0.6 is 0 Å². The third kappa shape index (κ3) is 4.37. The molecule has 1 saturated carbocycles. The molecule has 1 aromatic heterocycles. The molecule has 1 aliphatic rings. The predicted molar refractivity (Wildman–Crippen MR) is 109 cm³/mol. The van der Waals surface area contributed by atoms with Gasteiger partial charge in [0.25, 0.3) is 0 Å². The molecule has 1 fully saturated rings. The van der Waals surface area contributed by atoms with Crippen LogP contribution in [0.15, 0.2) is 57.7 Å². The third-order valence-electron chi connectivity index (χ3n) is 5.00. The van der Waals surface area contributed by atoms with Gasteiger partial charge in [0.2, 0.25) is 5.91 Å². The van der Waals surface area contributed by atoms with Crippen LogP contribution in [0.4, 0.5) is 5.69 Å². The molecule has 0 bridgehead atoms. The number of hydrogen-bond acceptors (Lipinski definition) is 5. The molecule has 148 valence electrons. The van der Waals surface area contributed by atoms with Gasteiger partial charge in [-0.25, -0.2) is 9.59 Å². The van der Waals surface area contributed by atoms with Crippen LogP contribution in [0.2, 0.25) is 0 Å². The summed E-state index contributed by atoms with van der Waals surface area (Å²) in [5.74, 6) is -0.371. The third-order valence-corrected chi connectivity index (χ3v) is 5.00. The van der Waals surface area contributed by atoms with E-state index in [0.717, 1.165) is 30.2 Å². The van der Waals surface area contributed by atoms with Gasteiger partial charge in [0.15, 0.2) is 0 Å². The lowest BCUT2D eigenvalue weighted by Gasteiger charge is -2.09. The molecule has 6 nitrogen and oxygen atoms in total. The number of carbonyl (C=O) groups is 2. The van der Waals surface area contributed by atoms with Gasteiger partial charge in [-0.05, 0) is 55.2 Å². The lowest BCUT2D eigenvalue weighted by molar-refractivity contribution is -0.117. The molecule has 29 heavy (non-hydrogen) atoms. The van der Waals surface area contributed by atoms with E-state index >= 15 is 0 Å². The molecule has 0 spiro atoms. The first-order valence-corrected chi connectivity index (χ1v) is 9.67. The van der Waals surface area contributed by atoms with Crippen molar-refractivity contribution in [3.8, 4) is 0 Å². The average molecular weight is 391 g/mol. The summed E-state index contributed by atoms with van der Waals surface area (Å²) < 4.78 is 10.7. The van der Waals surface area contributed by atoms with Gasteiger partial charge in [0, 0.05) is 28.6 Å². The molecule has 1 aliphatic carbocycles. The van der Waals surface area contributed by atoms with E-state index in [9.17, 15) is 14.4 Å². The van der Waals surface area contributed by atoms with Gasteiger partial charge in [-0.15, -0.1) is 0 Å². The second-order valence-corrected chi connectivity index (χ2v) is 7.19. The highest BCUT2D eigenvalue weighted by Gasteiger charge is 2.29. The number of rotatable bonds is 6. The number of nitrogens with one attached hydrogen (secondary N) is 1. The number of carbonyl (C=O) groups excluding carboxylic acids is 2. The van der Waals surface area contributed by atoms with Gasteiger partial charge < -0.3 is 14.5 Å². The van der Waals surface area contributed by atoms with Crippen LogP contribution < -0.4 is 10.9 Å². The minimum atomic E-state index is -0.503. The van der Waals surface area contributed by atoms with Crippen molar-refractivity contribution >= 4 is 28.5 Å². The maximum absolute atomic E-state index is 12.4. The molecule has 0 aliphatic heterocycles. The largest absolute Gasteiger partial charge is 0.457 e. The van der Waals surface area contributed by atoms with Crippen LogP contribution in [0.1, 0.15) is 41.3 Å². The van der Waals surface area contributed by atoms with Crippen molar-refractivity contribution in [2.45, 2.75) is 32.8 Å². The summed E-state index contributed by atoms with van der Waals surface area (Å²) in [6, 6.07) is 13.6. The molecule has 0 saturated heterocycles. The Balaban J connectivity index is 1.45. The van der Waals surface area contributed by atoms with Crippen molar-refractivity contribution in [3.63, 3.8) is 0 Å². The lowest BCUT2D eigenvalue weighted by atomic mass is 10.1. The van der Waals surface area contributed by atoms with Crippen LogP contribution in [-0.4, -0.2) is 11.9 Å². The predicted octanol–water partition coefficient (Wildman–Crippen LogP) is 4.06. The highest BCUT2D eigenvalue weighted by Crippen LogP contribution is 2.30. The van der Waals surface area contributed by atoms with Gasteiger partial charge >= 0.3 is 11.6 Å². The van der Waals surface area contributed by atoms with Gasteiger partial charge in [0.05, 0.1) is 5.56 Å². The summed E-state index contributed by atoms with van der Waals surface area (Å²) in [7, 11) is 0. The molecule has 0 radical (unpaired) electrons. The number of anilines is 1. The highest BCUT2D eigenvalue weighted by atomic mass is 16.5. The van der Waals surface area contributed by atoms with E-state index in [4.69, 9.17) is 9.15 Å². The van der Waals surface area contributed by atoms with E-state index in [1.807, 2.05) is 25.1 Å². The molecule has 1 heterocycles. The fraction of sp³-hybridized carbons (Fsp3) is 0.261. The Morgan fingerprint density at radius 1 is 1.10 bits per heavy atom. The molecular formula is C23H21NO5. The van der Waals surface area contributed by atoms with Gasteiger partial charge in [-0.2, -0.15) is 0 Å². The van der Waals surface area contributed by atoms with E-state index in [2.05, 4.69) is 5.32 Å². The standard InChI is InChI=1S/C23H21NO5/c1-2-14-3-10-19-17(12-21(25)29-20(19)11-14)13-28-23(27)16-6-8-18(9-7-16)24-22(26)15-4-5-15/h3,6-12,15H,2,4-5,13H2,1H3,(H,24,26). The highest BCUT2D eigenvalue weighted by molar-refractivity contribution is 5.95. The molecule has 0 atom stereocenters. The maximum atomic E-state index is 12.4. The number of fused-ring (bicyclic) bond motifs is 1. The summed E-state index contributed by atoms with van der Waals surface area (Å²) in [6.07, 6.45) is 2.70. The lowest BCUT2D eigenvalue weighted by Crippen LogP contribution is -2.13. The Morgan fingerprint density at radius 3 is 2.55 bits per heavy atom. The van der Waals surface area contributed by atoms with Gasteiger partial charge in [-0.3, -0.25) is 4.79 Å². The number of amides is 1. The Kier molecular flexibility index (Phi) is 5.16. The summed E-state index contributed by atoms with van der Waals surface area (Å²) >= 11 is 0. The Morgan fingerprint density at radius 2 is 1.86 bits per heavy atom. The molecule has 4 rings (SSSR count). The zero-order chi connectivity index (χ0) is 20.4. The minimum Gasteiger partial charge on any atom is -0.457 e. The maximum Gasteiger partial charge on any atom is 0.338 e. The van der Waals surface area contributed by atoms with Gasteiger partial charge in [0.1, 0.15) is 12.2 Å². The zero-order valence-corrected chi connectivity index (χ0v) is 16.1. The van der Waals surface area contributed by atoms with Crippen LogP contribution in [0.5, 0.6) is 0 Å². The average Bonchev–Trinajstić information content (AvgIpc) is 3.57. The summed E-state index contributed by atoms with van der Waals surface area (Å²) in [5.41, 5.74) is 2.68. The quantitative estimate of drug-likeness (QED) is 0.506. The van der Waals surface area contributed by atoms with Crippen LogP contribution in [0.3, 0.4) is 0 Å². The minimum absolute atomic E-state index is 0.0151. The molecule has 0 unspecified atom stereocenters. The topological polar surface area (TPSA) is 85.6 Å². The first kappa shape index (κ1) is 18.9. The van der Waals surface area contributed by atoms with Crippen LogP contribution in [0, 0.1) is 5.92 Å². The zero-order valence-electron chi connectivity index (χ0n) is 16.1. The first-order valence-electron chi connectivity index (χ1n) is 9.67. The Hall–Kier alpha value is -3.41. The van der Waals surface area contributed by atoms with Crippen molar-refractivity contribution in [3.05, 3.63) is 75.6 Å². The fourth-order valence-electron chi connectivity index (χ4n) is 3.12. The second-order valence-electron chi connectivity index (χ2n) is 7.19. The van der Waals surface area contributed by atoms with E-state index in [0.29, 0.717) is 22.4 Å². The number of benzene rings is 2. The van der Waals surface area contributed by atoms with E-state index in [1.165, 1.54) is 6.07 Å². The van der Waals surface area contributed by atoms with Crippen LogP contribution in [-0.2, 0) is 22.6 Å². The number of ether oxygens (including phenoxy) is 1. The SMILES string of the molecule is CCc1ccc2c(COC(=O)c3ccc(NC(=O)C4CC4)cc3)cc(=O)oc2c1. The molecule has 1 amide bonds. The van der Waals surface area contributed by atoms with Crippen molar-refractivity contribution in [1.82, 2.24) is 0 Å². The molecule has 1 N–H and O–H groups in total. The molecular weight excluding hydrogens is 370 g/mol. The van der Waals surface area contributed by atoms with Crippen molar-refractivity contribution in [1.29, 1.82) is 0 Å². The molecule has 6 heteroatoms. The smallest absolute Gasteiger partial charge is 0.338 e. The van der Waals surface area contributed by atoms with Crippen molar-refractivity contribution in [2.24, 2.45) is 5.92 Å². The number of esters is 1. The van der Waals surface area contributed by atoms with E-state index in [1.54, 1.807) is 24.3 Å². The monoisotopic (exact) mass is 391 g/mol. The van der Waals surface area contributed by atoms with E-state index in [-0.39, 0.29) is 18.4 Å². The fourth-order valence-corrected chi connectivity index (χ4v) is 3.12. The second kappa shape index (κ2) is 7.91. The van der Waals surface area contributed by atoms with E-state index < -0.39 is 11.6 Å². The summed E-state index contributed by atoms with van der Waals surface area (Å²) in [6.45, 7) is 1.99. The first-order chi connectivity index (χ1) is 14.0. The van der Waals surface area contributed by atoms with Gasteiger partial charge in [-0.1, -0.05) is 19.1 Å². The van der Waals surface area contributed by atoms with Crippen molar-refractivity contribution < 1.29 is 18.7 Å². The summed E-state index contributed by atoms with van der Waals surface area (Å²) in [4.78, 5) is 36.0. The molecule has 3 aromatic rings. The molecule has 2 aromatic carbocycles. The van der Waals surface area contributed by atoms with Crippen molar-refractivity contribution in [2.75, 3.05) is 5.32 Å². The Bertz CT molecular complexity index is 1130. The normalized spacial score (nSPS) is 13.3. The summed E-state index contributed by atoms with van der Waals surface area (Å²) in [5, 5.41) is 3.57.